The van der Waals surface area contributed by atoms with E-state index in [1.165, 1.54) is 167 Å². The molecule has 0 spiro atoms. The predicted octanol–water partition coefficient (Wildman–Crippen LogP) is 11.5. The first-order chi connectivity index (χ1) is 19.2. The van der Waals surface area contributed by atoms with Crippen molar-refractivity contribution in [1.82, 2.24) is 4.90 Å². The average Bonchev–Trinajstić information content (AvgIpc) is 2.93. The zero-order chi connectivity index (χ0) is 28.7. The van der Waals surface area contributed by atoms with E-state index in [0.29, 0.717) is 6.04 Å². The Balaban J connectivity index is 3.86. The molecule has 0 heterocycles. The summed E-state index contributed by atoms with van der Waals surface area (Å²) in [6.45, 7) is 9.41. The lowest BCUT2D eigenvalue weighted by atomic mass is 10.0. The number of hydrogen-bond donors (Lipinski definition) is 0. The summed E-state index contributed by atoms with van der Waals surface area (Å²) in [7, 11) is 4.40. The molecule has 236 valence electrons. The van der Waals surface area contributed by atoms with Gasteiger partial charge in [0.25, 0.3) is 0 Å². The highest BCUT2D eigenvalue weighted by molar-refractivity contribution is 4.77. The SMILES string of the molecule is CCCCCCCCCCCCCCOCC(OCCCCCCCCCCCCCC)C(CCC)N(C)C. The molecular weight excluding hydrogens is 478 g/mol. The lowest BCUT2D eigenvalue weighted by molar-refractivity contribution is -0.0573. The summed E-state index contributed by atoms with van der Waals surface area (Å²) < 4.78 is 12.6. The van der Waals surface area contributed by atoms with Crippen molar-refractivity contribution in [2.75, 3.05) is 33.9 Å². The van der Waals surface area contributed by atoms with Gasteiger partial charge in [-0.1, -0.05) is 168 Å². The molecule has 0 N–H and O–H groups in total. The van der Waals surface area contributed by atoms with Gasteiger partial charge < -0.3 is 14.4 Å². The maximum atomic E-state index is 6.46. The van der Waals surface area contributed by atoms with Crippen LogP contribution in [0.1, 0.15) is 188 Å². The summed E-state index contributed by atoms with van der Waals surface area (Å²) in [5.74, 6) is 0. The zero-order valence-electron chi connectivity index (χ0n) is 27.9. The van der Waals surface area contributed by atoms with Crippen LogP contribution in [-0.4, -0.2) is 51.0 Å². The predicted molar refractivity (Wildman–Crippen MR) is 175 cm³/mol. The standard InChI is InChI=1S/C36H75NO2/c1-6-9-11-13-15-17-19-21-23-25-27-29-32-38-34-36(35(31-8-3)37(4)5)39-33-30-28-26-24-22-20-18-16-14-12-10-7-2/h35-36H,6-34H2,1-5H3. The Hall–Kier alpha value is -0.120. The Bertz CT molecular complexity index is 442. The minimum Gasteiger partial charge on any atom is -0.379 e. The molecule has 0 amide bonds. The molecule has 3 heteroatoms. The van der Waals surface area contributed by atoms with Crippen LogP contribution in [0.25, 0.3) is 0 Å². The highest BCUT2D eigenvalue weighted by Crippen LogP contribution is 2.16. The quantitative estimate of drug-likeness (QED) is 0.0754. The monoisotopic (exact) mass is 554 g/mol. The topological polar surface area (TPSA) is 21.7 Å². The first kappa shape index (κ1) is 38.9. The Kier molecular flexibility index (Phi) is 32.3. The van der Waals surface area contributed by atoms with Crippen LogP contribution in [0.15, 0.2) is 0 Å². The maximum absolute atomic E-state index is 6.46. The number of rotatable bonds is 33. The summed E-state index contributed by atoms with van der Waals surface area (Å²) in [6.07, 6.45) is 35.9. The molecule has 0 radical (unpaired) electrons. The second-order valence-electron chi connectivity index (χ2n) is 12.6. The van der Waals surface area contributed by atoms with Crippen LogP contribution in [0.2, 0.25) is 0 Å². The van der Waals surface area contributed by atoms with Crippen molar-refractivity contribution >= 4 is 0 Å². The Morgan fingerprint density at radius 3 is 1.15 bits per heavy atom. The van der Waals surface area contributed by atoms with Gasteiger partial charge in [-0.2, -0.15) is 0 Å². The molecule has 2 atom stereocenters. The van der Waals surface area contributed by atoms with E-state index >= 15 is 0 Å². The van der Waals surface area contributed by atoms with E-state index in [4.69, 9.17) is 9.47 Å². The third-order valence-corrected chi connectivity index (χ3v) is 8.43. The molecule has 0 aromatic rings. The van der Waals surface area contributed by atoms with E-state index in [1.54, 1.807) is 0 Å². The third-order valence-electron chi connectivity index (χ3n) is 8.43. The fraction of sp³-hybridized carbons (Fsp3) is 1.00. The third kappa shape index (κ3) is 27.8. The smallest absolute Gasteiger partial charge is 0.0962 e. The molecule has 0 aromatic carbocycles. The lowest BCUT2D eigenvalue weighted by Gasteiger charge is -2.32. The van der Waals surface area contributed by atoms with Crippen molar-refractivity contribution in [3.63, 3.8) is 0 Å². The second-order valence-corrected chi connectivity index (χ2v) is 12.6. The molecule has 0 aliphatic heterocycles. The van der Waals surface area contributed by atoms with Crippen LogP contribution in [0.4, 0.5) is 0 Å². The summed E-state index contributed by atoms with van der Waals surface area (Å²) in [5.41, 5.74) is 0. The van der Waals surface area contributed by atoms with Crippen molar-refractivity contribution in [3.8, 4) is 0 Å². The summed E-state index contributed by atoms with van der Waals surface area (Å²) in [4.78, 5) is 2.35. The molecule has 39 heavy (non-hydrogen) atoms. The first-order valence-electron chi connectivity index (χ1n) is 18.0. The van der Waals surface area contributed by atoms with Gasteiger partial charge in [-0.15, -0.1) is 0 Å². The van der Waals surface area contributed by atoms with E-state index in [2.05, 4.69) is 39.8 Å². The molecule has 0 saturated carbocycles. The van der Waals surface area contributed by atoms with Crippen LogP contribution in [-0.2, 0) is 9.47 Å². The molecular formula is C36H75NO2. The second kappa shape index (κ2) is 32.4. The lowest BCUT2D eigenvalue weighted by Crippen LogP contribution is -2.43. The van der Waals surface area contributed by atoms with Gasteiger partial charge in [0.05, 0.1) is 12.7 Å². The fourth-order valence-electron chi connectivity index (χ4n) is 5.77. The Labute approximate surface area is 247 Å². The highest BCUT2D eigenvalue weighted by atomic mass is 16.5. The fourth-order valence-corrected chi connectivity index (χ4v) is 5.77. The van der Waals surface area contributed by atoms with Gasteiger partial charge in [0.1, 0.15) is 0 Å². The summed E-state index contributed by atoms with van der Waals surface area (Å²) in [6, 6.07) is 0.453. The molecule has 3 nitrogen and oxygen atoms in total. The Morgan fingerprint density at radius 1 is 0.436 bits per heavy atom. The van der Waals surface area contributed by atoms with Crippen LogP contribution < -0.4 is 0 Å². The van der Waals surface area contributed by atoms with Crippen molar-refractivity contribution in [3.05, 3.63) is 0 Å². The maximum Gasteiger partial charge on any atom is 0.0962 e. The van der Waals surface area contributed by atoms with Crippen molar-refractivity contribution in [1.29, 1.82) is 0 Å². The highest BCUT2D eigenvalue weighted by Gasteiger charge is 2.23. The minimum absolute atomic E-state index is 0.199. The van der Waals surface area contributed by atoms with Gasteiger partial charge in [-0.3, -0.25) is 0 Å². The van der Waals surface area contributed by atoms with Gasteiger partial charge in [0.2, 0.25) is 0 Å². The summed E-state index contributed by atoms with van der Waals surface area (Å²) in [5, 5.41) is 0. The number of ether oxygens (including phenoxy) is 2. The van der Waals surface area contributed by atoms with E-state index in [0.717, 1.165) is 19.8 Å². The van der Waals surface area contributed by atoms with E-state index in [1.807, 2.05) is 0 Å². The van der Waals surface area contributed by atoms with Gasteiger partial charge in [0.15, 0.2) is 0 Å². The van der Waals surface area contributed by atoms with Gasteiger partial charge in [-0.05, 0) is 33.4 Å². The van der Waals surface area contributed by atoms with Crippen molar-refractivity contribution < 1.29 is 9.47 Å². The number of nitrogens with zero attached hydrogens (tertiary/aromatic N) is 1. The van der Waals surface area contributed by atoms with Gasteiger partial charge in [0, 0.05) is 19.3 Å². The normalized spacial score (nSPS) is 13.4. The average molecular weight is 554 g/mol. The van der Waals surface area contributed by atoms with Crippen LogP contribution in [0.5, 0.6) is 0 Å². The van der Waals surface area contributed by atoms with Crippen LogP contribution in [0.3, 0.4) is 0 Å². The van der Waals surface area contributed by atoms with Gasteiger partial charge in [-0.25, -0.2) is 0 Å². The molecule has 0 rings (SSSR count). The minimum atomic E-state index is 0.199. The molecule has 0 fully saturated rings. The van der Waals surface area contributed by atoms with E-state index in [9.17, 15) is 0 Å². The molecule has 0 aromatic heterocycles. The van der Waals surface area contributed by atoms with Crippen LogP contribution in [0, 0.1) is 0 Å². The van der Waals surface area contributed by atoms with E-state index < -0.39 is 0 Å². The van der Waals surface area contributed by atoms with Crippen molar-refractivity contribution in [2.24, 2.45) is 0 Å². The molecule has 0 saturated heterocycles. The number of hydrogen-bond acceptors (Lipinski definition) is 3. The molecule has 0 bridgehead atoms. The zero-order valence-corrected chi connectivity index (χ0v) is 27.9. The van der Waals surface area contributed by atoms with Crippen molar-refractivity contribution in [2.45, 2.75) is 200 Å². The largest absolute Gasteiger partial charge is 0.379 e. The van der Waals surface area contributed by atoms with Gasteiger partial charge >= 0.3 is 0 Å². The molecule has 0 aliphatic carbocycles. The Morgan fingerprint density at radius 2 is 0.795 bits per heavy atom. The van der Waals surface area contributed by atoms with E-state index in [-0.39, 0.29) is 6.10 Å². The molecule has 2 unspecified atom stereocenters. The number of unbranched alkanes of at least 4 members (excludes halogenated alkanes) is 22. The molecule has 0 aliphatic rings. The number of likely N-dealkylation sites (N-methyl/N-ethyl adjacent to an activating group) is 1. The summed E-state index contributed by atoms with van der Waals surface area (Å²) >= 11 is 0. The first-order valence-corrected chi connectivity index (χ1v) is 18.0. The van der Waals surface area contributed by atoms with Crippen LogP contribution >= 0.6 is 0 Å².